The lowest BCUT2D eigenvalue weighted by Crippen LogP contribution is -2.44. The average Bonchev–Trinajstić information content (AvgIpc) is 2.90. The van der Waals surface area contributed by atoms with Crippen molar-refractivity contribution in [2.45, 2.75) is 19.8 Å². The minimum absolute atomic E-state index is 0.219. The summed E-state index contributed by atoms with van der Waals surface area (Å²) >= 11 is 0. The summed E-state index contributed by atoms with van der Waals surface area (Å²) in [4.78, 5) is 26.3. The summed E-state index contributed by atoms with van der Waals surface area (Å²) in [5, 5.41) is 8.98. The number of carbonyl (C=O) groups is 2. The molecule has 2 amide bonds. The largest absolute Gasteiger partial charge is 0.480 e. The van der Waals surface area contributed by atoms with Crippen LogP contribution in [0.4, 0.5) is 10.5 Å². The van der Waals surface area contributed by atoms with Crippen LogP contribution in [0.15, 0.2) is 24.3 Å². The van der Waals surface area contributed by atoms with Crippen molar-refractivity contribution in [3.63, 3.8) is 0 Å². The molecule has 1 aliphatic rings. The number of aryl methyl sites for hydroxylation is 1. The lowest BCUT2D eigenvalue weighted by atomic mass is 10.2. The van der Waals surface area contributed by atoms with Gasteiger partial charge in [-0.1, -0.05) is 17.7 Å². The molecule has 0 spiro atoms. The van der Waals surface area contributed by atoms with E-state index in [4.69, 9.17) is 5.11 Å². The number of carboxylic acid groups (broad SMARTS) is 1. The van der Waals surface area contributed by atoms with Crippen LogP contribution >= 0.6 is 0 Å². The van der Waals surface area contributed by atoms with E-state index in [2.05, 4.69) is 0 Å². The van der Waals surface area contributed by atoms with Crippen LogP contribution in [0.3, 0.4) is 0 Å². The van der Waals surface area contributed by atoms with Gasteiger partial charge in [0.05, 0.1) is 0 Å². The Kier molecular flexibility index (Phi) is 4.04. The molecular formula is C14H18N2O3. The van der Waals surface area contributed by atoms with Gasteiger partial charge in [-0.15, -0.1) is 0 Å². The zero-order valence-corrected chi connectivity index (χ0v) is 11.0. The van der Waals surface area contributed by atoms with Crippen molar-refractivity contribution >= 4 is 17.7 Å². The number of nitrogens with zero attached hydrogens (tertiary/aromatic N) is 2. The molecule has 1 heterocycles. The van der Waals surface area contributed by atoms with Gasteiger partial charge in [0, 0.05) is 18.8 Å². The van der Waals surface area contributed by atoms with Crippen LogP contribution in [-0.2, 0) is 4.79 Å². The standard InChI is InChI=1S/C14H18N2O3/c1-11-4-6-12(7-5-11)16(10-13(17)18)14(19)15-8-2-3-9-15/h4-7H,2-3,8-10H2,1H3,(H,17,18). The summed E-state index contributed by atoms with van der Waals surface area (Å²) in [6.07, 6.45) is 1.97. The van der Waals surface area contributed by atoms with Crippen LogP contribution in [0.2, 0.25) is 0 Å². The summed E-state index contributed by atoms with van der Waals surface area (Å²) in [5.41, 5.74) is 1.71. The Labute approximate surface area is 112 Å². The Bertz CT molecular complexity index is 464. The van der Waals surface area contributed by atoms with Crippen molar-refractivity contribution in [2.75, 3.05) is 24.5 Å². The first kappa shape index (κ1) is 13.4. The normalized spacial score (nSPS) is 14.5. The first-order valence-electron chi connectivity index (χ1n) is 6.43. The van der Waals surface area contributed by atoms with E-state index in [1.165, 1.54) is 4.90 Å². The second kappa shape index (κ2) is 5.73. The number of amides is 2. The predicted molar refractivity (Wildman–Crippen MR) is 72.4 cm³/mol. The number of anilines is 1. The third kappa shape index (κ3) is 3.24. The molecule has 5 heteroatoms. The Morgan fingerprint density at radius 2 is 1.79 bits per heavy atom. The number of hydrogen-bond acceptors (Lipinski definition) is 2. The SMILES string of the molecule is Cc1ccc(N(CC(=O)O)C(=O)N2CCCC2)cc1. The fraction of sp³-hybridized carbons (Fsp3) is 0.429. The van der Waals surface area contributed by atoms with Gasteiger partial charge in [0.2, 0.25) is 0 Å². The van der Waals surface area contributed by atoms with Crippen LogP contribution in [-0.4, -0.2) is 41.6 Å². The van der Waals surface area contributed by atoms with Crippen LogP contribution in [0.1, 0.15) is 18.4 Å². The molecular weight excluding hydrogens is 244 g/mol. The van der Waals surface area contributed by atoms with Crippen LogP contribution in [0.5, 0.6) is 0 Å². The minimum atomic E-state index is -1.01. The van der Waals surface area contributed by atoms with E-state index in [0.717, 1.165) is 18.4 Å². The van der Waals surface area contributed by atoms with Crippen LogP contribution in [0, 0.1) is 6.92 Å². The van der Waals surface area contributed by atoms with Gasteiger partial charge in [0.25, 0.3) is 0 Å². The van der Waals surface area contributed by atoms with E-state index >= 15 is 0 Å². The first-order chi connectivity index (χ1) is 9.08. The highest BCUT2D eigenvalue weighted by atomic mass is 16.4. The molecule has 0 atom stereocenters. The number of benzene rings is 1. The number of hydrogen-bond donors (Lipinski definition) is 1. The molecule has 0 aromatic heterocycles. The smallest absolute Gasteiger partial charge is 0.325 e. The maximum Gasteiger partial charge on any atom is 0.325 e. The topological polar surface area (TPSA) is 60.9 Å². The Balaban J connectivity index is 2.21. The lowest BCUT2D eigenvalue weighted by Gasteiger charge is -2.26. The second-order valence-corrected chi connectivity index (χ2v) is 4.79. The molecule has 19 heavy (non-hydrogen) atoms. The van der Waals surface area contributed by atoms with Crippen molar-refractivity contribution in [1.82, 2.24) is 4.90 Å². The van der Waals surface area contributed by atoms with Gasteiger partial charge in [-0.2, -0.15) is 0 Å². The first-order valence-corrected chi connectivity index (χ1v) is 6.43. The fourth-order valence-corrected chi connectivity index (χ4v) is 2.21. The number of rotatable bonds is 3. The average molecular weight is 262 g/mol. The number of carbonyl (C=O) groups excluding carboxylic acids is 1. The van der Waals surface area contributed by atoms with E-state index in [1.807, 2.05) is 19.1 Å². The van der Waals surface area contributed by atoms with Crippen molar-refractivity contribution in [3.05, 3.63) is 29.8 Å². The van der Waals surface area contributed by atoms with Crippen LogP contribution < -0.4 is 4.90 Å². The summed E-state index contributed by atoms with van der Waals surface area (Å²) < 4.78 is 0. The summed E-state index contributed by atoms with van der Waals surface area (Å²) in [6, 6.07) is 7.10. The van der Waals surface area contributed by atoms with Gasteiger partial charge in [-0.3, -0.25) is 9.69 Å². The van der Waals surface area contributed by atoms with Gasteiger partial charge in [-0.05, 0) is 31.9 Å². The van der Waals surface area contributed by atoms with Gasteiger partial charge in [-0.25, -0.2) is 4.79 Å². The third-order valence-electron chi connectivity index (χ3n) is 3.25. The molecule has 1 N–H and O–H groups in total. The molecule has 1 fully saturated rings. The molecule has 1 saturated heterocycles. The minimum Gasteiger partial charge on any atom is -0.480 e. The molecule has 0 aliphatic carbocycles. The zero-order chi connectivity index (χ0) is 13.8. The maximum absolute atomic E-state index is 12.4. The summed E-state index contributed by atoms with van der Waals surface area (Å²) in [7, 11) is 0. The van der Waals surface area contributed by atoms with E-state index in [-0.39, 0.29) is 12.6 Å². The molecule has 1 aromatic rings. The zero-order valence-electron chi connectivity index (χ0n) is 11.0. The molecule has 0 bridgehead atoms. The van der Waals surface area contributed by atoms with Crippen molar-refractivity contribution in [2.24, 2.45) is 0 Å². The molecule has 0 saturated carbocycles. The molecule has 1 aromatic carbocycles. The molecule has 0 radical (unpaired) electrons. The third-order valence-corrected chi connectivity index (χ3v) is 3.25. The fourth-order valence-electron chi connectivity index (χ4n) is 2.21. The number of aliphatic carboxylic acids is 1. The van der Waals surface area contributed by atoms with E-state index < -0.39 is 5.97 Å². The van der Waals surface area contributed by atoms with E-state index in [1.54, 1.807) is 17.0 Å². The molecule has 0 unspecified atom stereocenters. The Morgan fingerprint density at radius 1 is 1.21 bits per heavy atom. The summed E-state index contributed by atoms with van der Waals surface area (Å²) in [6.45, 7) is 3.06. The van der Waals surface area contributed by atoms with Crippen molar-refractivity contribution in [3.8, 4) is 0 Å². The highest BCUT2D eigenvalue weighted by Crippen LogP contribution is 2.19. The number of likely N-dealkylation sites (tertiary alicyclic amines) is 1. The van der Waals surface area contributed by atoms with E-state index in [9.17, 15) is 9.59 Å². The summed E-state index contributed by atoms with van der Waals surface area (Å²) in [5.74, 6) is -1.01. The lowest BCUT2D eigenvalue weighted by molar-refractivity contribution is -0.135. The van der Waals surface area contributed by atoms with Crippen molar-refractivity contribution < 1.29 is 14.7 Å². The van der Waals surface area contributed by atoms with Gasteiger partial charge < -0.3 is 10.0 Å². The van der Waals surface area contributed by atoms with Crippen LogP contribution in [0.25, 0.3) is 0 Å². The van der Waals surface area contributed by atoms with Crippen molar-refractivity contribution in [1.29, 1.82) is 0 Å². The van der Waals surface area contributed by atoms with Gasteiger partial charge in [0.1, 0.15) is 6.54 Å². The number of urea groups is 1. The maximum atomic E-state index is 12.4. The van der Waals surface area contributed by atoms with Gasteiger partial charge in [0.15, 0.2) is 0 Å². The number of carboxylic acids is 1. The van der Waals surface area contributed by atoms with Gasteiger partial charge >= 0.3 is 12.0 Å². The van der Waals surface area contributed by atoms with E-state index in [0.29, 0.717) is 18.8 Å². The second-order valence-electron chi connectivity index (χ2n) is 4.79. The Morgan fingerprint density at radius 3 is 2.32 bits per heavy atom. The molecule has 2 rings (SSSR count). The highest BCUT2D eigenvalue weighted by Gasteiger charge is 2.26. The monoisotopic (exact) mass is 262 g/mol. The predicted octanol–water partition coefficient (Wildman–Crippen LogP) is 2.10. The molecule has 102 valence electrons. The Hall–Kier alpha value is -2.04. The highest BCUT2D eigenvalue weighted by molar-refractivity contribution is 5.96. The molecule has 1 aliphatic heterocycles. The molecule has 5 nitrogen and oxygen atoms in total. The quantitative estimate of drug-likeness (QED) is 0.907.